The van der Waals surface area contributed by atoms with Crippen LogP contribution in [0.2, 0.25) is 0 Å². The van der Waals surface area contributed by atoms with Crippen molar-refractivity contribution in [3.63, 3.8) is 0 Å². The number of hydrogen-bond acceptors (Lipinski definition) is 7. The van der Waals surface area contributed by atoms with Gasteiger partial charge in [-0.15, -0.1) is 0 Å². The largest absolute Gasteiger partial charge is 0.511 e. The highest BCUT2D eigenvalue weighted by atomic mass is 16.6. The smallest absolute Gasteiger partial charge is 0.341 e. The van der Waals surface area contributed by atoms with Crippen molar-refractivity contribution in [2.24, 2.45) is 29.6 Å². The minimum absolute atomic E-state index is 0.0391. The lowest BCUT2D eigenvalue weighted by molar-refractivity contribution is -0.302. The third-order valence-corrected chi connectivity index (χ3v) is 7.84. The van der Waals surface area contributed by atoms with Crippen LogP contribution in [0.1, 0.15) is 33.6 Å². The number of ketones is 1. The molecule has 27 heavy (non-hydrogen) atoms. The Morgan fingerprint density at radius 2 is 1.89 bits per heavy atom. The Kier molecular flexibility index (Phi) is 3.35. The van der Waals surface area contributed by atoms with Gasteiger partial charge in [0.25, 0.3) is 0 Å². The molecule has 3 heterocycles. The van der Waals surface area contributed by atoms with Crippen LogP contribution in [0.3, 0.4) is 0 Å². The molecule has 0 aromatic carbocycles. The summed E-state index contributed by atoms with van der Waals surface area (Å²) in [4.78, 5) is 26.5. The third kappa shape index (κ3) is 1.67. The Morgan fingerprint density at radius 1 is 1.19 bits per heavy atom. The Labute approximate surface area is 157 Å². The number of rotatable bonds is 1. The van der Waals surface area contributed by atoms with Crippen molar-refractivity contribution >= 4 is 11.8 Å². The molecule has 3 aliphatic carbocycles. The quantitative estimate of drug-likeness (QED) is 0.660. The fraction of sp³-hybridized carbons (Fsp3) is 0.800. The zero-order valence-electron chi connectivity index (χ0n) is 16.0. The zero-order valence-corrected chi connectivity index (χ0v) is 16.0. The monoisotopic (exact) mass is 378 g/mol. The lowest BCUT2D eigenvalue weighted by atomic mass is 9.59. The first kappa shape index (κ1) is 17.6. The van der Waals surface area contributed by atoms with Crippen molar-refractivity contribution in [3.8, 4) is 0 Å². The molecule has 7 nitrogen and oxygen atoms in total. The average Bonchev–Trinajstić information content (AvgIpc) is 2.94. The van der Waals surface area contributed by atoms with Gasteiger partial charge in [0.15, 0.2) is 11.2 Å². The van der Waals surface area contributed by atoms with Crippen LogP contribution < -0.4 is 0 Å². The van der Waals surface area contributed by atoms with Crippen LogP contribution in [0.5, 0.6) is 0 Å². The van der Waals surface area contributed by atoms with Gasteiger partial charge in [-0.3, -0.25) is 4.79 Å². The highest BCUT2D eigenvalue weighted by Gasteiger charge is 2.87. The molecule has 2 saturated carbocycles. The van der Waals surface area contributed by atoms with Crippen molar-refractivity contribution in [1.82, 2.24) is 0 Å². The van der Waals surface area contributed by atoms with Crippen LogP contribution in [0.15, 0.2) is 11.3 Å². The van der Waals surface area contributed by atoms with Crippen molar-refractivity contribution in [2.75, 3.05) is 7.11 Å². The fourth-order valence-electron chi connectivity index (χ4n) is 6.91. The van der Waals surface area contributed by atoms with Crippen molar-refractivity contribution in [2.45, 2.75) is 63.1 Å². The van der Waals surface area contributed by atoms with Crippen LogP contribution in [-0.2, 0) is 23.8 Å². The second-order valence-corrected chi connectivity index (χ2v) is 9.17. The molecule has 7 heteroatoms. The fourth-order valence-corrected chi connectivity index (χ4v) is 6.91. The van der Waals surface area contributed by atoms with E-state index in [0.29, 0.717) is 12.8 Å². The molecule has 3 aliphatic heterocycles. The van der Waals surface area contributed by atoms with Gasteiger partial charge in [0.05, 0.1) is 30.1 Å². The van der Waals surface area contributed by atoms with Crippen LogP contribution in [0, 0.1) is 29.6 Å². The molecular formula is C20H26O7. The molecule has 6 aliphatic rings. The first-order chi connectivity index (χ1) is 12.7. The highest BCUT2D eigenvalue weighted by molar-refractivity contribution is 6.00. The molecule has 0 amide bonds. The van der Waals surface area contributed by atoms with Crippen molar-refractivity contribution in [3.05, 3.63) is 11.3 Å². The standard InChI is InChI=1S/C20H26O7/c1-7-5-8(2)14(22)12-18(24)27-19-6-9(3)16-15(23)10(19)17(25-4)11(13(7)21)20(12,19)26-16/h7-11,15-17,22-23H,5-6H2,1-4H3/b14-12+/t7-,8+,9+,10-,11-,15+,16+,17+,19+,20-/m0/s1. The van der Waals surface area contributed by atoms with E-state index in [9.17, 15) is 19.8 Å². The maximum Gasteiger partial charge on any atom is 0.341 e. The van der Waals surface area contributed by atoms with E-state index in [4.69, 9.17) is 14.2 Å². The summed E-state index contributed by atoms with van der Waals surface area (Å²) < 4.78 is 18.1. The molecule has 2 N–H and O–H groups in total. The number of aliphatic hydroxyl groups excluding tert-OH is 2. The van der Waals surface area contributed by atoms with Gasteiger partial charge in [0, 0.05) is 18.9 Å². The Balaban J connectivity index is 1.86. The van der Waals surface area contributed by atoms with Crippen LogP contribution in [0.25, 0.3) is 0 Å². The molecule has 10 atom stereocenters. The summed E-state index contributed by atoms with van der Waals surface area (Å²) in [6.45, 7) is 5.59. The molecule has 5 fully saturated rings. The second kappa shape index (κ2) is 5.13. The summed E-state index contributed by atoms with van der Waals surface area (Å²) in [5.41, 5.74) is -2.48. The van der Waals surface area contributed by atoms with Gasteiger partial charge in [-0.05, 0) is 18.8 Å². The van der Waals surface area contributed by atoms with Crippen LogP contribution in [-0.4, -0.2) is 58.6 Å². The predicted molar refractivity (Wildman–Crippen MR) is 91.6 cm³/mol. The van der Waals surface area contributed by atoms with E-state index in [1.54, 1.807) is 6.92 Å². The summed E-state index contributed by atoms with van der Waals surface area (Å²) in [7, 11) is 1.52. The predicted octanol–water partition coefficient (Wildman–Crippen LogP) is 1.14. The Hall–Kier alpha value is -1.44. The molecule has 6 rings (SSSR count). The summed E-state index contributed by atoms with van der Waals surface area (Å²) >= 11 is 0. The number of carbonyl (C=O) groups is 2. The van der Waals surface area contributed by atoms with Gasteiger partial charge >= 0.3 is 5.97 Å². The third-order valence-electron chi connectivity index (χ3n) is 7.84. The number of ether oxygens (including phenoxy) is 3. The lowest BCUT2D eigenvalue weighted by Crippen LogP contribution is -2.72. The first-order valence-electron chi connectivity index (χ1n) is 9.80. The normalized spacial score (nSPS) is 58.7. The number of carbonyl (C=O) groups excluding carboxylic acids is 2. The number of hydrogen-bond donors (Lipinski definition) is 2. The van der Waals surface area contributed by atoms with E-state index in [2.05, 4.69) is 0 Å². The number of fused-ring (bicyclic) bond motifs is 1. The lowest BCUT2D eigenvalue weighted by Gasteiger charge is -2.58. The molecule has 2 spiro atoms. The molecule has 0 aromatic heterocycles. The average molecular weight is 378 g/mol. The van der Waals surface area contributed by atoms with Gasteiger partial charge in [0.1, 0.15) is 17.1 Å². The van der Waals surface area contributed by atoms with Gasteiger partial charge < -0.3 is 24.4 Å². The molecular weight excluding hydrogens is 352 g/mol. The van der Waals surface area contributed by atoms with E-state index < -0.39 is 47.3 Å². The molecule has 4 bridgehead atoms. The molecule has 3 saturated heterocycles. The number of methoxy groups -OCH3 is 1. The van der Waals surface area contributed by atoms with E-state index in [-0.39, 0.29) is 34.9 Å². The summed E-state index contributed by atoms with van der Waals surface area (Å²) in [5, 5.41) is 22.0. The van der Waals surface area contributed by atoms with E-state index >= 15 is 0 Å². The number of Topliss-reactive ketones (excluding diaryl/α,β-unsaturated/α-hetero) is 1. The summed E-state index contributed by atoms with van der Waals surface area (Å²) in [5.74, 6) is -2.80. The SMILES string of the molecule is CO[C@@H]1[C@@H]2[C@@H](O)[C@@H]3O[C@]45/C(=C(/O)[C@H](C)C[C@H](C)C(=O)[C@@H]14)C(=O)O[C@]25C[C@H]3C. The Morgan fingerprint density at radius 3 is 2.56 bits per heavy atom. The van der Waals surface area contributed by atoms with Gasteiger partial charge in [-0.2, -0.15) is 0 Å². The highest BCUT2D eigenvalue weighted by Crippen LogP contribution is 2.71. The topological polar surface area (TPSA) is 102 Å². The summed E-state index contributed by atoms with van der Waals surface area (Å²) in [6.07, 6.45) is -1.14. The zero-order chi connectivity index (χ0) is 19.5. The number of aliphatic hydroxyl groups is 2. The second-order valence-electron chi connectivity index (χ2n) is 9.17. The van der Waals surface area contributed by atoms with E-state index in [0.717, 1.165) is 0 Å². The van der Waals surface area contributed by atoms with E-state index in [1.165, 1.54) is 7.11 Å². The Bertz CT molecular complexity index is 774. The van der Waals surface area contributed by atoms with Gasteiger partial charge in [0.2, 0.25) is 0 Å². The van der Waals surface area contributed by atoms with Crippen LogP contribution in [0.4, 0.5) is 0 Å². The molecule has 0 unspecified atom stereocenters. The molecule has 0 aromatic rings. The van der Waals surface area contributed by atoms with Crippen molar-refractivity contribution in [1.29, 1.82) is 0 Å². The van der Waals surface area contributed by atoms with Crippen molar-refractivity contribution < 1.29 is 34.0 Å². The number of esters is 1. The maximum absolute atomic E-state index is 13.5. The van der Waals surface area contributed by atoms with Crippen LogP contribution >= 0.6 is 0 Å². The number of allylic oxidation sites excluding steroid dienone is 1. The maximum atomic E-state index is 13.5. The molecule has 148 valence electrons. The summed E-state index contributed by atoms with van der Waals surface area (Å²) in [6, 6.07) is 0. The van der Waals surface area contributed by atoms with E-state index in [1.807, 2.05) is 13.8 Å². The van der Waals surface area contributed by atoms with Gasteiger partial charge in [-0.1, -0.05) is 20.8 Å². The van der Waals surface area contributed by atoms with Gasteiger partial charge in [-0.25, -0.2) is 4.79 Å². The first-order valence-corrected chi connectivity index (χ1v) is 9.80. The molecule has 0 radical (unpaired) electrons. The minimum atomic E-state index is -1.38. The minimum Gasteiger partial charge on any atom is -0.511 e.